The van der Waals surface area contributed by atoms with Crippen molar-refractivity contribution in [3.8, 4) is 5.69 Å². The molecule has 0 spiro atoms. The molecule has 5 nitrogen and oxygen atoms in total. The molecule has 0 bridgehead atoms. The van der Waals surface area contributed by atoms with Crippen LogP contribution in [0.3, 0.4) is 0 Å². The number of amides is 1. The van der Waals surface area contributed by atoms with Crippen molar-refractivity contribution in [2.45, 2.75) is 45.1 Å². The maximum Gasteiger partial charge on any atom is 0.220 e. The molecule has 1 amide bonds. The molecule has 0 saturated heterocycles. The van der Waals surface area contributed by atoms with E-state index >= 15 is 0 Å². The molecule has 0 aliphatic heterocycles. The van der Waals surface area contributed by atoms with Crippen molar-refractivity contribution in [2.24, 2.45) is 0 Å². The molecule has 1 aromatic heterocycles. The van der Waals surface area contributed by atoms with E-state index in [4.69, 9.17) is 0 Å². The lowest BCUT2D eigenvalue weighted by Crippen LogP contribution is -2.42. The molecular weight excluding hydrogens is 290 g/mol. The number of nitrogens with one attached hydrogen (secondary N) is 1. The number of benzene rings is 1. The van der Waals surface area contributed by atoms with Crippen LogP contribution in [-0.4, -0.2) is 32.9 Å². The number of rotatable bonds is 8. The fourth-order valence-corrected chi connectivity index (χ4v) is 2.32. The van der Waals surface area contributed by atoms with Gasteiger partial charge in [-0.2, -0.15) is 5.10 Å². The van der Waals surface area contributed by atoms with E-state index < -0.39 is 5.60 Å². The van der Waals surface area contributed by atoms with Gasteiger partial charge >= 0.3 is 0 Å². The van der Waals surface area contributed by atoms with Gasteiger partial charge in [0.2, 0.25) is 5.91 Å². The summed E-state index contributed by atoms with van der Waals surface area (Å²) in [5, 5.41) is 17.3. The van der Waals surface area contributed by atoms with Crippen LogP contribution < -0.4 is 5.32 Å². The lowest BCUT2D eigenvalue weighted by molar-refractivity contribution is -0.122. The number of para-hydroxylation sites is 1. The van der Waals surface area contributed by atoms with Crippen LogP contribution in [0.1, 0.15) is 38.7 Å². The van der Waals surface area contributed by atoms with Gasteiger partial charge in [0.05, 0.1) is 17.5 Å². The van der Waals surface area contributed by atoms with Crippen LogP contribution in [0.4, 0.5) is 0 Å². The first-order valence-corrected chi connectivity index (χ1v) is 8.14. The second-order valence-corrected chi connectivity index (χ2v) is 5.84. The van der Waals surface area contributed by atoms with E-state index in [1.807, 2.05) is 50.4 Å². The summed E-state index contributed by atoms with van der Waals surface area (Å²) in [6.07, 6.45) is 6.02. The number of aromatic nitrogens is 2. The van der Waals surface area contributed by atoms with Crippen molar-refractivity contribution < 1.29 is 9.90 Å². The van der Waals surface area contributed by atoms with Crippen molar-refractivity contribution in [3.05, 3.63) is 48.3 Å². The molecule has 2 aromatic rings. The van der Waals surface area contributed by atoms with Gasteiger partial charge in [0.1, 0.15) is 0 Å². The topological polar surface area (TPSA) is 67.2 Å². The molecule has 5 heteroatoms. The Hall–Kier alpha value is -2.14. The van der Waals surface area contributed by atoms with Gasteiger partial charge in [-0.05, 0) is 37.0 Å². The number of aliphatic hydroxyl groups is 1. The minimum atomic E-state index is -0.798. The Bertz CT molecular complexity index is 618. The summed E-state index contributed by atoms with van der Waals surface area (Å²) in [6.45, 7) is 4.16. The molecule has 2 N–H and O–H groups in total. The van der Waals surface area contributed by atoms with Crippen molar-refractivity contribution in [3.63, 3.8) is 0 Å². The van der Waals surface area contributed by atoms with Gasteiger partial charge in [-0.1, -0.05) is 32.0 Å². The molecule has 1 aromatic carbocycles. The van der Waals surface area contributed by atoms with Crippen molar-refractivity contribution in [2.75, 3.05) is 6.54 Å². The van der Waals surface area contributed by atoms with Crippen LogP contribution in [0.5, 0.6) is 0 Å². The molecular formula is C18H25N3O2. The van der Waals surface area contributed by atoms with E-state index in [9.17, 15) is 9.90 Å². The fraction of sp³-hybridized carbons (Fsp3) is 0.444. The molecule has 0 unspecified atom stereocenters. The summed E-state index contributed by atoms with van der Waals surface area (Å²) in [7, 11) is 0. The quantitative estimate of drug-likeness (QED) is 0.786. The maximum absolute atomic E-state index is 11.9. The van der Waals surface area contributed by atoms with Gasteiger partial charge in [-0.25, -0.2) is 4.68 Å². The number of carbonyl (C=O) groups excluding carboxylic acids is 1. The first-order valence-electron chi connectivity index (χ1n) is 8.14. The predicted octanol–water partition coefficient (Wildman–Crippen LogP) is 2.47. The van der Waals surface area contributed by atoms with Crippen LogP contribution in [0, 0.1) is 0 Å². The Morgan fingerprint density at radius 2 is 1.96 bits per heavy atom. The summed E-state index contributed by atoms with van der Waals surface area (Å²) >= 11 is 0. The Morgan fingerprint density at radius 3 is 2.61 bits per heavy atom. The molecule has 1 heterocycles. The molecule has 0 aliphatic carbocycles. The lowest BCUT2D eigenvalue weighted by atomic mass is 9.97. The Balaban J connectivity index is 1.82. The number of hydrogen-bond acceptors (Lipinski definition) is 3. The van der Waals surface area contributed by atoms with Crippen molar-refractivity contribution in [1.29, 1.82) is 0 Å². The average molecular weight is 315 g/mol. The largest absolute Gasteiger partial charge is 0.388 e. The van der Waals surface area contributed by atoms with Crippen LogP contribution >= 0.6 is 0 Å². The second kappa shape index (κ2) is 7.92. The minimum Gasteiger partial charge on any atom is -0.388 e. The van der Waals surface area contributed by atoms with E-state index in [0.29, 0.717) is 32.2 Å². The number of carbonyl (C=O) groups is 1. The van der Waals surface area contributed by atoms with E-state index in [0.717, 1.165) is 11.3 Å². The molecule has 124 valence electrons. The third kappa shape index (κ3) is 4.93. The van der Waals surface area contributed by atoms with E-state index in [1.54, 1.807) is 10.9 Å². The fourth-order valence-electron chi connectivity index (χ4n) is 2.32. The highest BCUT2D eigenvalue weighted by molar-refractivity contribution is 5.76. The zero-order valence-electron chi connectivity index (χ0n) is 13.8. The van der Waals surface area contributed by atoms with Gasteiger partial charge in [0.25, 0.3) is 0 Å². The third-order valence-electron chi connectivity index (χ3n) is 4.23. The molecule has 0 radical (unpaired) electrons. The van der Waals surface area contributed by atoms with Crippen molar-refractivity contribution in [1.82, 2.24) is 15.1 Å². The highest BCUT2D eigenvalue weighted by Crippen LogP contribution is 2.13. The first kappa shape index (κ1) is 17.2. The van der Waals surface area contributed by atoms with Gasteiger partial charge in [0, 0.05) is 19.2 Å². The second-order valence-electron chi connectivity index (χ2n) is 5.84. The minimum absolute atomic E-state index is 0.0437. The smallest absolute Gasteiger partial charge is 0.220 e. The van der Waals surface area contributed by atoms with E-state index in [2.05, 4.69) is 10.4 Å². The van der Waals surface area contributed by atoms with E-state index in [-0.39, 0.29) is 5.91 Å². The summed E-state index contributed by atoms with van der Waals surface area (Å²) in [4.78, 5) is 11.9. The molecule has 0 fully saturated rings. The molecule has 23 heavy (non-hydrogen) atoms. The van der Waals surface area contributed by atoms with Crippen molar-refractivity contribution >= 4 is 5.91 Å². The number of nitrogens with zero attached hydrogens (tertiary/aromatic N) is 2. The Kier molecular flexibility index (Phi) is 5.93. The van der Waals surface area contributed by atoms with Crippen LogP contribution in [0.2, 0.25) is 0 Å². The summed E-state index contributed by atoms with van der Waals surface area (Å²) in [5.41, 5.74) is 1.22. The van der Waals surface area contributed by atoms with Gasteiger partial charge in [0.15, 0.2) is 0 Å². The molecule has 0 saturated carbocycles. The van der Waals surface area contributed by atoms with Gasteiger partial charge in [-0.15, -0.1) is 0 Å². The summed E-state index contributed by atoms with van der Waals surface area (Å²) in [5.74, 6) is -0.0437. The highest BCUT2D eigenvalue weighted by Gasteiger charge is 2.22. The average Bonchev–Trinajstić information content (AvgIpc) is 3.07. The lowest BCUT2D eigenvalue weighted by Gasteiger charge is -2.25. The van der Waals surface area contributed by atoms with Gasteiger partial charge < -0.3 is 10.4 Å². The number of hydrogen-bond donors (Lipinski definition) is 2. The Labute approximate surface area is 137 Å². The standard InChI is InChI=1S/C18H25N3O2/c1-3-18(23,4-2)14-19-17(22)11-10-15-12-20-21(13-15)16-8-6-5-7-9-16/h5-9,12-13,23H,3-4,10-11,14H2,1-2H3,(H,19,22). The van der Waals surface area contributed by atoms with Crippen LogP contribution in [0.15, 0.2) is 42.7 Å². The molecule has 0 atom stereocenters. The van der Waals surface area contributed by atoms with Crippen LogP contribution in [0.25, 0.3) is 5.69 Å². The zero-order valence-corrected chi connectivity index (χ0v) is 13.8. The van der Waals surface area contributed by atoms with Crippen LogP contribution in [-0.2, 0) is 11.2 Å². The van der Waals surface area contributed by atoms with Gasteiger partial charge in [-0.3, -0.25) is 4.79 Å². The number of aryl methyl sites for hydroxylation is 1. The molecule has 2 rings (SSSR count). The zero-order chi connectivity index (χ0) is 16.7. The predicted molar refractivity (Wildman–Crippen MR) is 90.4 cm³/mol. The SMILES string of the molecule is CCC(O)(CC)CNC(=O)CCc1cnn(-c2ccccc2)c1. The van der Waals surface area contributed by atoms with E-state index in [1.165, 1.54) is 0 Å². The normalized spacial score (nSPS) is 11.4. The third-order valence-corrected chi connectivity index (χ3v) is 4.23. The maximum atomic E-state index is 11.9. The summed E-state index contributed by atoms with van der Waals surface area (Å²) < 4.78 is 1.81. The first-order chi connectivity index (χ1) is 11.1. The Morgan fingerprint density at radius 1 is 1.26 bits per heavy atom. The summed E-state index contributed by atoms with van der Waals surface area (Å²) in [6, 6.07) is 9.87. The molecule has 0 aliphatic rings. The highest BCUT2D eigenvalue weighted by atomic mass is 16.3. The monoisotopic (exact) mass is 315 g/mol.